The molecule has 0 aliphatic carbocycles. The third-order valence-corrected chi connectivity index (χ3v) is 22.1. The van der Waals surface area contributed by atoms with E-state index in [1.807, 2.05) is 0 Å². The summed E-state index contributed by atoms with van der Waals surface area (Å²) in [6.45, 7) is 36.3. The van der Waals surface area contributed by atoms with Crippen LogP contribution >= 0.6 is 0 Å². The lowest BCUT2D eigenvalue weighted by Gasteiger charge is -2.54. The summed E-state index contributed by atoms with van der Waals surface area (Å²) in [5, 5.41) is 0.216. The molecule has 0 aromatic heterocycles. The lowest BCUT2D eigenvalue weighted by atomic mass is 10.00. The Kier molecular flexibility index (Phi) is 9.61. The van der Waals surface area contributed by atoms with E-state index in [0.717, 1.165) is 0 Å². The van der Waals surface area contributed by atoms with Gasteiger partial charge in [0.25, 0.3) is 0 Å². The first-order valence-corrected chi connectivity index (χ1v) is 21.3. The van der Waals surface area contributed by atoms with Gasteiger partial charge in [0.15, 0.2) is 31.2 Å². The molecule has 1 fully saturated rings. The molecule has 5 atom stereocenters. The Morgan fingerprint density at radius 1 is 0.545 bits per heavy atom. The fourth-order valence-electron chi connectivity index (χ4n) is 3.14. The zero-order valence-corrected chi connectivity index (χ0v) is 27.9. The van der Waals surface area contributed by atoms with Gasteiger partial charge in [0, 0.05) is 7.11 Å². The molecular formula is C25H56O5Si3. The standard InChI is InChI=1S/C25H56O5Si3/c1-18-19(28-31(12,13)23(2,3)4)20(29-32(14,15)24(5,6)7)21(22(26-11)27-18)30-33(16,17)25(8,9)10/h18-22H,1-17H3/t18-,19-,20+,21-,22+/m1/s1. The maximum Gasteiger partial charge on any atom is 0.192 e. The summed E-state index contributed by atoms with van der Waals surface area (Å²) < 4.78 is 33.5. The number of methoxy groups -OCH3 is 1. The van der Waals surface area contributed by atoms with E-state index in [0.29, 0.717) is 0 Å². The zero-order valence-electron chi connectivity index (χ0n) is 24.9. The van der Waals surface area contributed by atoms with Gasteiger partial charge in [-0.05, 0) is 61.3 Å². The third kappa shape index (κ3) is 7.24. The highest BCUT2D eigenvalue weighted by atomic mass is 28.4. The maximum absolute atomic E-state index is 7.16. The normalized spacial score (nSPS) is 28.8. The molecule has 0 aromatic carbocycles. The molecule has 0 aromatic rings. The summed E-state index contributed by atoms with van der Waals surface area (Å²) >= 11 is 0. The summed E-state index contributed by atoms with van der Waals surface area (Å²) in [4.78, 5) is 0. The highest BCUT2D eigenvalue weighted by Crippen LogP contribution is 2.45. The van der Waals surface area contributed by atoms with Crippen molar-refractivity contribution < 1.29 is 22.8 Å². The van der Waals surface area contributed by atoms with E-state index >= 15 is 0 Å². The van der Waals surface area contributed by atoms with E-state index < -0.39 is 31.2 Å². The summed E-state index contributed by atoms with van der Waals surface area (Å²) in [5.41, 5.74) is 0. The van der Waals surface area contributed by atoms with Crippen molar-refractivity contribution >= 4 is 25.0 Å². The van der Waals surface area contributed by atoms with E-state index in [-0.39, 0.29) is 39.5 Å². The molecule has 0 N–H and O–H groups in total. The molecule has 0 radical (unpaired) electrons. The van der Waals surface area contributed by atoms with E-state index in [2.05, 4.69) is 109 Å². The van der Waals surface area contributed by atoms with Crippen molar-refractivity contribution in [2.45, 2.75) is 154 Å². The predicted molar refractivity (Wildman–Crippen MR) is 148 cm³/mol. The molecule has 33 heavy (non-hydrogen) atoms. The largest absolute Gasteiger partial charge is 0.409 e. The van der Waals surface area contributed by atoms with E-state index in [4.69, 9.17) is 22.8 Å². The Balaban J connectivity index is 3.58. The second-order valence-corrected chi connectivity index (χ2v) is 28.7. The van der Waals surface area contributed by atoms with Crippen molar-refractivity contribution in [2.24, 2.45) is 0 Å². The molecule has 1 aliphatic rings. The molecule has 1 saturated heterocycles. The number of ether oxygens (including phenoxy) is 2. The minimum absolute atomic E-state index is 0.0612. The van der Waals surface area contributed by atoms with Crippen molar-refractivity contribution in [1.29, 1.82) is 0 Å². The summed E-state index contributed by atoms with van der Waals surface area (Å²) in [6.07, 6.45) is -1.43. The number of hydrogen-bond acceptors (Lipinski definition) is 5. The lowest BCUT2D eigenvalue weighted by Crippen LogP contribution is -2.67. The fourth-order valence-corrected chi connectivity index (χ4v) is 7.08. The van der Waals surface area contributed by atoms with Crippen LogP contribution in [0.3, 0.4) is 0 Å². The summed E-state index contributed by atoms with van der Waals surface area (Å²) in [6, 6.07) is 0. The summed E-state index contributed by atoms with van der Waals surface area (Å²) in [5.74, 6) is 0. The molecule has 198 valence electrons. The first-order valence-electron chi connectivity index (χ1n) is 12.6. The smallest absolute Gasteiger partial charge is 0.192 e. The van der Waals surface area contributed by atoms with Crippen molar-refractivity contribution in [2.75, 3.05) is 7.11 Å². The van der Waals surface area contributed by atoms with Crippen LogP contribution < -0.4 is 0 Å². The zero-order chi connectivity index (χ0) is 26.4. The van der Waals surface area contributed by atoms with Gasteiger partial charge < -0.3 is 22.8 Å². The van der Waals surface area contributed by atoms with E-state index in [1.165, 1.54) is 0 Å². The fraction of sp³-hybridized carbons (Fsp3) is 1.00. The van der Waals surface area contributed by atoms with E-state index in [1.54, 1.807) is 7.11 Å². The van der Waals surface area contributed by atoms with Gasteiger partial charge in [-0.25, -0.2) is 0 Å². The van der Waals surface area contributed by atoms with Gasteiger partial charge in [-0.3, -0.25) is 0 Å². The van der Waals surface area contributed by atoms with Crippen LogP contribution in [0.15, 0.2) is 0 Å². The van der Waals surface area contributed by atoms with Gasteiger partial charge in [-0.2, -0.15) is 0 Å². The Bertz CT molecular complexity index is 644. The second kappa shape index (κ2) is 10.1. The number of hydrogen-bond donors (Lipinski definition) is 0. The minimum Gasteiger partial charge on any atom is -0.409 e. The lowest BCUT2D eigenvalue weighted by molar-refractivity contribution is -0.276. The Morgan fingerprint density at radius 2 is 0.848 bits per heavy atom. The third-order valence-electron chi connectivity index (χ3n) is 8.67. The Hall–Kier alpha value is 0.451. The van der Waals surface area contributed by atoms with Crippen LogP contribution in [-0.4, -0.2) is 62.8 Å². The topological polar surface area (TPSA) is 46.2 Å². The molecule has 5 nitrogen and oxygen atoms in total. The monoisotopic (exact) mass is 520 g/mol. The van der Waals surface area contributed by atoms with Crippen LogP contribution in [0.2, 0.25) is 54.4 Å². The molecule has 1 rings (SSSR count). The molecular weight excluding hydrogens is 465 g/mol. The Morgan fingerprint density at radius 3 is 1.15 bits per heavy atom. The maximum atomic E-state index is 7.16. The van der Waals surface area contributed by atoms with Gasteiger partial charge >= 0.3 is 0 Å². The predicted octanol–water partition coefficient (Wildman–Crippen LogP) is 7.55. The van der Waals surface area contributed by atoms with Crippen LogP contribution in [0, 0.1) is 0 Å². The van der Waals surface area contributed by atoms with Gasteiger partial charge in [-0.1, -0.05) is 62.3 Å². The first-order chi connectivity index (χ1) is 14.4. The van der Waals surface area contributed by atoms with Crippen molar-refractivity contribution in [1.82, 2.24) is 0 Å². The van der Waals surface area contributed by atoms with Crippen LogP contribution in [0.1, 0.15) is 69.2 Å². The van der Waals surface area contributed by atoms with Gasteiger partial charge in [-0.15, -0.1) is 0 Å². The van der Waals surface area contributed by atoms with Crippen LogP contribution in [0.4, 0.5) is 0 Å². The number of rotatable bonds is 7. The summed E-state index contributed by atoms with van der Waals surface area (Å²) in [7, 11) is -4.64. The van der Waals surface area contributed by atoms with Crippen LogP contribution in [0.5, 0.6) is 0 Å². The highest BCUT2D eigenvalue weighted by molar-refractivity contribution is 6.75. The van der Waals surface area contributed by atoms with Crippen molar-refractivity contribution in [3.8, 4) is 0 Å². The van der Waals surface area contributed by atoms with Gasteiger partial charge in [0.2, 0.25) is 0 Å². The molecule has 0 saturated carbocycles. The SMILES string of the molecule is CO[C@H]1O[C@H](C)[C@@H](O[Si](C)(C)C(C)(C)C)[C@H](O[Si](C)(C)C(C)(C)C)[C@H]1O[Si](C)(C)C(C)(C)C. The quantitative estimate of drug-likeness (QED) is 0.324. The average molecular weight is 521 g/mol. The molecule has 0 amide bonds. The first kappa shape index (κ1) is 31.5. The van der Waals surface area contributed by atoms with Gasteiger partial charge in [0.05, 0.1) is 12.2 Å². The van der Waals surface area contributed by atoms with Gasteiger partial charge in [0.1, 0.15) is 12.2 Å². The molecule has 1 aliphatic heterocycles. The average Bonchev–Trinajstić information content (AvgIpc) is 2.56. The molecule has 1 heterocycles. The molecule has 0 spiro atoms. The minimum atomic E-state index is -2.13. The Labute approximate surface area is 209 Å². The molecule has 8 heteroatoms. The molecule has 0 bridgehead atoms. The molecule has 0 unspecified atom stereocenters. The second-order valence-electron chi connectivity index (χ2n) is 14.5. The highest BCUT2D eigenvalue weighted by Gasteiger charge is 2.55. The van der Waals surface area contributed by atoms with Crippen LogP contribution in [-0.2, 0) is 22.8 Å². The van der Waals surface area contributed by atoms with Crippen LogP contribution in [0.25, 0.3) is 0 Å². The van der Waals surface area contributed by atoms with Crippen molar-refractivity contribution in [3.05, 3.63) is 0 Å². The van der Waals surface area contributed by atoms with E-state index in [9.17, 15) is 0 Å². The van der Waals surface area contributed by atoms with Crippen molar-refractivity contribution in [3.63, 3.8) is 0 Å².